The molecule has 1 amide bonds. The SMILES string of the molecule is COC(=O)C1=C(Nc2cc(F)c(Cl)c(F)c2)C(=O)N(CCO)C1. The lowest BCUT2D eigenvalue weighted by molar-refractivity contribution is -0.136. The predicted molar refractivity (Wildman–Crippen MR) is 77.7 cm³/mol. The van der Waals surface area contributed by atoms with Gasteiger partial charge in [-0.15, -0.1) is 0 Å². The highest BCUT2D eigenvalue weighted by Gasteiger charge is 2.34. The number of aliphatic hydroxyl groups is 1. The summed E-state index contributed by atoms with van der Waals surface area (Å²) >= 11 is 5.39. The van der Waals surface area contributed by atoms with Gasteiger partial charge < -0.3 is 20.1 Å². The molecule has 1 aliphatic rings. The molecule has 0 saturated carbocycles. The maximum atomic E-state index is 13.5. The van der Waals surface area contributed by atoms with Crippen molar-refractivity contribution in [2.24, 2.45) is 0 Å². The zero-order chi connectivity index (χ0) is 17.1. The molecule has 0 saturated heterocycles. The Kier molecular flexibility index (Phi) is 5.17. The molecule has 1 aliphatic heterocycles. The Morgan fingerprint density at radius 3 is 2.57 bits per heavy atom. The minimum Gasteiger partial charge on any atom is -0.466 e. The first kappa shape index (κ1) is 17.2. The molecule has 0 bridgehead atoms. The van der Waals surface area contributed by atoms with Crippen molar-refractivity contribution >= 4 is 29.2 Å². The molecule has 0 aliphatic carbocycles. The van der Waals surface area contributed by atoms with Crippen molar-refractivity contribution in [3.8, 4) is 0 Å². The fourth-order valence-corrected chi connectivity index (χ4v) is 2.23. The number of carbonyl (C=O) groups excluding carboxylic acids is 2. The van der Waals surface area contributed by atoms with E-state index in [0.717, 1.165) is 19.2 Å². The highest BCUT2D eigenvalue weighted by atomic mass is 35.5. The van der Waals surface area contributed by atoms with Crippen LogP contribution in [-0.2, 0) is 14.3 Å². The largest absolute Gasteiger partial charge is 0.466 e. The number of aliphatic hydroxyl groups excluding tert-OH is 1. The number of β-amino-alcohol motifs (C(OH)–C–C–N with tert-alkyl or cyclic N) is 1. The Labute approximate surface area is 135 Å². The Balaban J connectivity index is 2.37. The number of anilines is 1. The Morgan fingerprint density at radius 1 is 1.43 bits per heavy atom. The van der Waals surface area contributed by atoms with E-state index in [0.29, 0.717) is 0 Å². The van der Waals surface area contributed by atoms with Crippen molar-refractivity contribution in [1.82, 2.24) is 4.90 Å². The summed E-state index contributed by atoms with van der Waals surface area (Å²) in [6, 6.07) is 1.80. The summed E-state index contributed by atoms with van der Waals surface area (Å²) in [6.07, 6.45) is 0. The molecule has 124 valence electrons. The van der Waals surface area contributed by atoms with E-state index in [9.17, 15) is 18.4 Å². The average Bonchev–Trinajstić information content (AvgIpc) is 2.81. The second-order valence-electron chi connectivity index (χ2n) is 4.67. The lowest BCUT2D eigenvalue weighted by Gasteiger charge is -2.15. The minimum absolute atomic E-state index is 0.00159. The summed E-state index contributed by atoms with van der Waals surface area (Å²) in [5.41, 5.74) is -0.242. The number of nitrogens with zero attached hydrogens (tertiary/aromatic N) is 1. The fraction of sp³-hybridized carbons (Fsp3) is 0.286. The smallest absolute Gasteiger partial charge is 0.337 e. The molecule has 2 rings (SSSR count). The molecule has 0 fully saturated rings. The first-order valence-electron chi connectivity index (χ1n) is 6.52. The molecular formula is C14H13ClF2N2O4. The third kappa shape index (κ3) is 3.43. The number of hydrogen-bond donors (Lipinski definition) is 2. The van der Waals surface area contributed by atoms with Gasteiger partial charge in [0.2, 0.25) is 0 Å². The van der Waals surface area contributed by atoms with Crippen LogP contribution in [0.3, 0.4) is 0 Å². The summed E-state index contributed by atoms with van der Waals surface area (Å²) in [6.45, 7) is -0.363. The number of methoxy groups -OCH3 is 1. The molecule has 0 atom stereocenters. The topological polar surface area (TPSA) is 78.9 Å². The molecule has 1 heterocycles. The first-order chi connectivity index (χ1) is 10.9. The number of benzene rings is 1. The van der Waals surface area contributed by atoms with Crippen molar-refractivity contribution in [3.63, 3.8) is 0 Å². The Bertz CT molecular complexity index is 670. The van der Waals surface area contributed by atoms with Gasteiger partial charge in [0.25, 0.3) is 5.91 Å². The molecule has 23 heavy (non-hydrogen) atoms. The normalized spacial score (nSPS) is 14.5. The molecule has 1 aromatic rings. The van der Waals surface area contributed by atoms with Gasteiger partial charge in [-0.2, -0.15) is 0 Å². The van der Waals surface area contributed by atoms with Crippen LogP contribution < -0.4 is 5.32 Å². The number of hydrogen-bond acceptors (Lipinski definition) is 5. The van der Waals surface area contributed by atoms with Crippen molar-refractivity contribution in [2.45, 2.75) is 0 Å². The first-order valence-corrected chi connectivity index (χ1v) is 6.90. The van der Waals surface area contributed by atoms with Crippen LogP contribution in [0.1, 0.15) is 0 Å². The standard InChI is InChI=1S/C14H13ClF2N2O4/c1-23-14(22)8-6-19(2-3-20)13(21)12(8)18-7-4-9(16)11(15)10(17)5-7/h4-5,18,20H,2-3,6H2,1H3. The predicted octanol–water partition coefficient (Wildman–Crippen LogP) is 1.29. The maximum absolute atomic E-state index is 13.5. The third-order valence-electron chi connectivity index (χ3n) is 3.21. The molecule has 6 nitrogen and oxygen atoms in total. The molecule has 1 aromatic carbocycles. The van der Waals surface area contributed by atoms with Crippen LogP contribution in [0.15, 0.2) is 23.4 Å². The number of carbonyl (C=O) groups is 2. The average molecular weight is 347 g/mol. The lowest BCUT2D eigenvalue weighted by atomic mass is 10.2. The lowest BCUT2D eigenvalue weighted by Crippen LogP contribution is -2.31. The summed E-state index contributed by atoms with van der Waals surface area (Å²) in [4.78, 5) is 25.2. The van der Waals surface area contributed by atoms with Crippen LogP contribution in [0.5, 0.6) is 0 Å². The van der Waals surface area contributed by atoms with Gasteiger partial charge in [0.05, 0.1) is 25.8 Å². The highest BCUT2D eigenvalue weighted by molar-refractivity contribution is 6.31. The van der Waals surface area contributed by atoms with Crippen LogP contribution in [0, 0.1) is 11.6 Å². The second-order valence-corrected chi connectivity index (χ2v) is 5.05. The number of amides is 1. The summed E-state index contributed by atoms with van der Waals surface area (Å²) in [5.74, 6) is -3.36. The number of ether oxygens (including phenoxy) is 1. The maximum Gasteiger partial charge on any atom is 0.337 e. The second kappa shape index (κ2) is 6.93. The molecule has 2 N–H and O–H groups in total. The molecule has 0 aromatic heterocycles. The zero-order valence-corrected chi connectivity index (χ0v) is 12.8. The van der Waals surface area contributed by atoms with E-state index in [1.165, 1.54) is 4.90 Å². The van der Waals surface area contributed by atoms with E-state index in [4.69, 9.17) is 16.7 Å². The number of rotatable bonds is 5. The van der Waals surface area contributed by atoms with Crippen LogP contribution in [0.25, 0.3) is 0 Å². The summed E-state index contributed by atoms with van der Waals surface area (Å²) in [5, 5.41) is 10.8. The third-order valence-corrected chi connectivity index (χ3v) is 3.57. The van der Waals surface area contributed by atoms with Gasteiger partial charge in [-0.05, 0) is 12.1 Å². The van der Waals surface area contributed by atoms with E-state index in [1.807, 2.05) is 0 Å². The van der Waals surface area contributed by atoms with E-state index in [2.05, 4.69) is 10.1 Å². The van der Waals surface area contributed by atoms with E-state index in [1.54, 1.807) is 0 Å². The van der Waals surface area contributed by atoms with Gasteiger partial charge in [0, 0.05) is 12.2 Å². The summed E-state index contributed by atoms with van der Waals surface area (Å²) in [7, 11) is 1.15. The Hall–Kier alpha value is -2.19. The number of halogens is 3. The molecule has 0 unspecified atom stereocenters. The van der Waals surface area contributed by atoms with Crippen molar-refractivity contribution in [3.05, 3.63) is 40.1 Å². The van der Waals surface area contributed by atoms with Gasteiger partial charge in [0.15, 0.2) is 0 Å². The van der Waals surface area contributed by atoms with Gasteiger partial charge in [0.1, 0.15) is 22.4 Å². The molecule has 0 spiro atoms. The van der Waals surface area contributed by atoms with Gasteiger partial charge >= 0.3 is 5.97 Å². The van der Waals surface area contributed by atoms with Crippen LogP contribution >= 0.6 is 11.6 Å². The van der Waals surface area contributed by atoms with Crippen molar-refractivity contribution in [2.75, 3.05) is 32.1 Å². The summed E-state index contributed by atoms with van der Waals surface area (Å²) < 4.78 is 31.6. The molecule has 0 radical (unpaired) electrons. The van der Waals surface area contributed by atoms with Crippen LogP contribution in [0.4, 0.5) is 14.5 Å². The van der Waals surface area contributed by atoms with Crippen molar-refractivity contribution in [1.29, 1.82) is 0 Å². The number of esters is 1. The number of nitrogens with one attached hydrogen (secondary N) is 1. The zero-order valence-electron chi connectivity index (χ0n) is 12.0. The van der Waals surface area contributed by atoms with Gasteiger partial charge in [-0.3, -0.25) is 4.79 Å². The molecule has 9 heteroatoms. The van der Waals surface area contributed by atoms with E-state index in [-0.39, 0.29) is 36.7 Å². The highest BCUT2D eigenvalue weighted by Crippen LogP contribution is 2.27. The molecular weight excluding hydrogens is 334 g/mol. The Morgan fingerprint density at radius 2 is 2.04 bits per heavy atom. The van der Waals surface area contributed by atoms with Crippen LogP contribution in [-0.4, -0.2) is 48.7 Å². The van der Waals surface area contributed by atoms with Gasteiger partial charge in [-0.25, -0.2) is 13.6 Å². The quantitative estimate of drug-likeness (QED) is 0.620. The van der Waals surface area contributed by atoms with E-state index >= 15 is 0 Å². The minimum atomic E-state index is -1.01. The van der Waals surface area contributed by atoms with E-state index < -0.39 is 28.5 Å². The monoisotopic (exact) mass is 346 g/mol. The van der Waals surface area contributed by atoms with Gasteiger partial charge in [-0.1, -0.05) is 11.6 Å². The van der Waals surface area contributed by atoms with Crippen molar-refractivity contribution < 1.29 is 28.2 Å². The van der Waals surface area contributed by atoms with Crippen LogP contribution in [0.2, 0.25) is 5.02 Å². The fourth-order valence-electron chi connectivity index (χ4n) is 2.12.